The lowest BCUT2D eigenvalue weighted by molar-refractivity contribution is -0.149. The summed E-state index contributed by atoms with van der Waals surface area (Å²) in [6, 6.07) is 0. The fraction of sp³-hybridized carbons (Fsp3) is 0.857. The molecule has 0 saturated carbocycles. The Morgan fingerprint density at radius 1 is 1.32 bits per heavy atom. The summed E-state index contributed by atoms with van der Waals surface area (Å²) in [5.74, 6) is -0.0898. The highest BCUT2D eigenvalue weighted by atomic mass is 16.5. The molecule has 19 heavy (non-hydrogen) atoms. The summed E-state index contributed by atoms with van der Waals surface area (Å²) in [7, 11) is 0. The van der Waals surface area contributed by atoms with Crippen molar-refractivity contribution in [2.45, 2.75) is 53.0 Å². The number of esters is 1. The highest BCUT2D eigenvalue weighted by Gasteiger charge is 2.21. The zero-order chi connectivity index (χ0) is 15.1. The molecule has 0 aromatic carbocycles. The monoisotopic (exact) mass is 272 g/mol. The lowest BCUT2D eigenvalue weighted by Crippen LogP contribution is -2.40. The minimum Gasteiger partial charge on any atom is -0.465 e. The summed E-state index contributed by atoms with van der Waals surface area (Å²) in [5.41, 5.74) is 5.50. The molecule has 0 aliphatic rings. The van der Waals surface area contributed by atoms with E-state index in [-0.39, 0.29) is 24.0 Å². The Labute approximate surface area is 116 Å². The Balaban J connectivity index is 4.47. The molecule has 1 amide bonds. The number of nitrogens with two attached hydrogens (primary N) is 1. The Morgan fingerprint density at radius 2 is 1.89 bits per heavy atom. The summed E-state index contributed by atoms with van der Waals surface area (Å²) in [6.45, 7) is 10.5. The van der Waals surface area contributed by atoms with Crippen molar-refractivity contribution >= 4 is 11.9 Å². The second-order valence-corrected chi connectivity index (χ2v) is 5.96. The van der Waals surface area contributed by atoms with Gasteiger partial charge in [-0.25, -0.2) is 0 Å². The van der Waals surface area contributed by atoms with Crippen LogP contribution in [0.5, 0.6) is 0 Å². The number of carbonyl (C=O) groups is 2. The lowest BCUT2D eigenvalue weighted by Gasteiger charge is -2.25. The number of nitrogens with zero attached hydrogens (tertiary/aromatic N) is 1. The van der Waals surface area contributed by atoms with Gasteiger partial charge in [0.2, 0.25) is 5.91 Å². The van der Waals surface area contributed by atoms with Gasteiger partial charge in [0.1, 0.15) is 6.54 Å². The highest BCUT2D eigenvalue weighted by Crippen LogP contribution is 2.10. The SMILES string of the molecule is CCOC(=O)CN(CC(C)C)C(=O)CCC(C)(C)N. The molecule has 0 spiro atoms. The quantitative estimate of drug-likeness (QED) is 0.680. The number of rotatable bonds is 8. The average Bonchev–Trinajstić information content (AvgIpc) is 2.23. The highest BCUT2D eigenvalue weighted by molar-refractivity contribution is 5.82. The molecule has 0 aliphatic carbocycles. The molecule has 0 aliphatic heterocycles. The van der Waals surface area contributed by atoms with Crippen LogP contribution < -0.4 is 5.73 Å². The lowest BCUT2D eigenvalue weighted by atomic mass is 9.99. The van der Waals surface area contributed by atoms with Gasteiger partial charge in [-0.1, -0.05) is 13.8 Å². The first-order valence-electron chi connectivity index (χ1n) is 6.88. The number of hydrogen-bond acceptors (Lipinski definition) is 4. The normalized spacial score (nSPS) is 11.5. The molecule has 0 unspecified atom stereocenters. The fourth-order valence-corrected chi connectivity index (χ4v) is 1.65. The van der Waals surface area contributed by atoms with E-state index in [4.69, 9.17) is 10.5 Å². The zero-order valence-corrected chi connectivity index (χ0v) is 12.9. The predicted molar refractivity (Wildman–Crippen MR) is 75.6 cm³/mol. The minimum absolute atomic E-state index is 0.0237. The molecule has 0 radical (unpaired) electrons. The molecule has 5 nitrogen and oxygen atoms in total. The van der Waals surface area contributed by atoms with E-state index in [1.54, 1.807) is 11.8 Å². The maximum Gasteiger partial charge on any atom is 0.325 e. The molecule has 0 heterocycles. The van der Waals surface area contributed by atoms with E-state index in [1.165, 1.54) is 0 Å². The first kappa shape index (κ1) is 17.9. The molecule has 0 bridgehead atoms. The molecule has 112 valence electrons. The van der Waals surface area contributed by atoms with E-state index in [2.05, 4.69) is 0 Å². The third kappa shape index (κ3) is 9.47. The van der Waals surface area contributed by atoms with E-state index in [1.807, 2.05) is 27.7 Å². The molecule has 2 N–H and O–H groups in total. The van der Waals surface area contributed by atoms with Crippen LogP contribution in [-0.4, -0.2) is 42.0 Å². The molecular formula is C14H28N2O3. The van der Waals surface area contributed by atoms with Crippen molar-refractivity contribution in [2.75, 3.05) is 19.7 Å². The van der Waals surface area contributed by atoms with Crippen LogP contribution in [0.1, 0.15) is 47.5 Å². The van der Waals surface area contributed by atoms with Crippen molar-refractivity contribution in [2.24, 2.45) is 11.7 Å². The van der Waals surface area contributed by atoms with Gasteiger partial charge in [-0.3, -0.25) is 9.59 Å². The van der Waals surface area contributed by atoms with E-state index >= 15 is 0 Å². The minimum atomic E-state index is -0.372. The van der Waals surface area contributed by atoms with E-state index < -0.39 is 0 Å². The van der Waals surface area contributed by atoms with E-state index in [9.17, 15) is 9.59 Å². The largest absolute Gasteiger partial charge is 0.465 e. The number of ether oxygens (including phenoxy) is 1. The van der Waals surface area contributed by atoms with Crippen molar-refractivity contribution in [1.29, 1.82) is 0 Å². The van der Waals surface area contributed by atoms with Crippen LogP contribution >= 0.6 is 0 Å². The standard InChI is InChI=1S/C14H28N2O3/c1-6-19-13(18)10-16(9-11(2)3)12(17)7-8-14(4,5)15/h11H,6-10,15H2,1-5H3. The fourth-order valence-electron chi connectivity index (χ4n) is 1.65. The second-order valence-electron chi connectivity index (χ2n) is 5.96. The van der Waals surface area contributed by atoms with Gasteiger partial charge in [-0.2, -0.15) is 0 Å². The molecule has 5 heteroatoms. The van der Waals surface area contributed by atoms with Crippen molar-refractivity contribution in [3.05, 3.63) is 0 Å². The summed E-state index contributed by atoms with van der Waals surface area (Å²) >= 11 is 0. The summed E-state index contributed by atoms with van der Waals surface area (Å²) < 4.78 is 4.89. The molecule has 0 atom stereocenters. The van der Waals surface area contributed by atoms with Crippen molar-refractivity contribution < 1.29 is 14.3 Å². The Hall–Kier alpha value is -1.10. The molecule has 0 fully saturated rings. The smallest absolute Gasteiger partial charge is 0.325 e. The summed E-state index contributed by atoms with van der Waals surface area (Å²) in [6.07, 6.45) is 0.957. The third-order valence-electron chi connectivity index (χ3n) is 2.55. The van der Waals surface area contributed by atoms with Crippen LogP contribution in [-0.2, 0) is 14.3 Å². The van der Waals surface area contributed by atoms with Crippen LogP contribution in [0.25, 0.3) is 0 Å². The Bertz CT molecular complexity index is 296. The Morgan fingerprint density at radius 3 is 2.32 bits per heavy atom. The zero-order valence-electron chi connectivity index (χ0n) is 12.9. The average molecular weight is 272 g/mol. The van der Waals surface area contributed by atoms with Crippen LogP contribution in [0.2, 0.25) is 0 Å². The van der Waals surface area contributed by atoms with Crippen LogP contribution in [0, 0.1) is 5.92 Å². The van der Waals surface area contributed by atoms with Crippen LogP contribution in [0.3, 0.4) is 0 Å². The van der Waals surface area contributed by atoms with Crippen molar-refractivity contribution in [1.82, 2.24) is 4.90 Å². The van der Waals surface area contributed by atoms with Gasteiger partial charge in [0, 0.05) is 18.5 Å². The molecule has 0 aromatic rings. The summed E-state index contributed by atoms with van der Waals surface area (Å²) in [4.78, 5) is 25.2. The van der Waals surface area contributed by atoms with Gasteiger partial charge in [0.25, 0.3) is 0 Å². The molecule has 0 saturated heterocycles. The number of amides is 1. The van der Waals surface area contributed by atoms with Crippen molar-refractivity contribution in [3.63, 3.8) is 0 Å². The number of hydrogen-bond donors (Lipinski definition) is 1. The van der Waals surface area contributed by atoms with Crippen LogP contribution in [0.4, 0.5) is 0 Å². The van der Waals surface area contributed by atoms with Gasteiger partial charge >= 0.3 is 5.97 Å². The van der Waals surface area contributed by atoms with Gasteiger partial charge in [0.05, 0.1) is 6.61 Å². The van der Waals surface area contributed by atoms with E-state index in [0.717, 1.165) is 0 Å². The van der Waals surface area contributed by atoms with Gasteiger partial charge in [-0.15, -0.1) is 0 Å². The maximum atomic E-state index is 12.1. The van der Waals surface area contributed by atoms with E-state index in [0.29, 0.717) is 31.9 Å². The first-order chi connectivity index (χ1) is 8.65. The molecular weight excluding hydrogens is 244 g/mol. The topological polar surface area (TPSA) is 72.6 Å². The van der Waals surface area contributed by atoms with Crippen LogP contribution in [0.15, 0.2) is 0 Å². The second kappa shape index (κ2) is 8.15. The number of carbonyl (C=O) groups excluding carboxylic acids is 2. The van der Waals surface area contributed by atoms with Crippen molar-refractivity contribution in [3.8, 4) is 0 Å². The Kier molecular flexibility index (Phi) is 7.68. The summed E-state index contributed by atoms with van der Waals surface area (Å²) in [5, 5.41) is 0. The first-order valence-corrected chi connectivity index (χ1v) is 6.88. The maximum absolute atomic E-state index is 12.1. The third-order valence-corrected chi connectivity index (χ3v) is 2.55. The predicted octanol–water partition coefficient (Wildman–Crippen LogP) is 1.55. The van der Waals surface area contributed by atoms with Gasteiger partial charge in [0.15, 0.2) is 0 Å². The molecule has 0 rings (SSSR count). The molecule has 0 aromatic heterocycles. The van der Waals surface area contributed by atoms with Gasteiger partial charge in [-0.05, 0) is 33.1 Å². The van der Waals surface area contributed by atoms with Gasteiger partial charge < -0.3 is 15.4 Å².